The van der Waals surface area contributed by atoms with Crippen LogP contribution in [0.1, 0.15) is 26.7 Å². The van der Waals surface area contributed by atoms with Crippen LogP contribution < -0.4 is 5.73 Å². The molecule has 0 aromatic heterocycles. The molecule has 2 unspecified atom stereocenters. The Balaban J connectivity index is 3.79. The molecule has 3 N–H and O–H groups in total. The van der Waals surface area contributed by atoms with Crippen molar-refractivity contribution in [3.63, 3.8) is 0 Å². The fourth-order valence-electron chi connectivity index (χ4n) is 0.979. The number of ether oxygens (including phenoxy) is 1. The first kappa shape index (κ1) is 10.9. The number of hydrogen-bond donors (Lipinski definition) is 2. The SMILES string of the molecule is CCC(CC(C)(N)CO)OC. The van der Waals surface area contributed by atoms with Gasteiger partial charge in [-0.1, -0.05) is 6.92 Å². The van der Waals surface area contributed by atoms with Crippen LogP contribution in [0.3, 0.4) is 0 Å². The maximum Gasteiger partial charge on any atom is 0.0609 e. The Bertz CT molecular complexity index is 100. The van der Waals surface area contributed by atoms with Gasteiger partial charge in [0, 0.05) is 12.6 Å². The molecule has 68 valence electrons. The van der Waals surface area contributed by atoms with Gasteiger partial charge in [0.25, 0.3) is 0 Å². The first-order valence-corrected chi connectivity index (χ1v) is 3.98. The van der Waals surface area contributed by atoms with E-state index < -0.39 is 5.54 Å². The minimum Gasteiger partial charge on any atom is -0.394 e. The molecule has 0 bridgehead atoms. The highest BCUT2D eigenvalue weighted by molar-refractivity contribution is 4.80. The molecule has 0 heterocycles. The van der Waals surface area contributed by atoms with Crippen LogP contribution in [0.15, 0.2) is 0 Å². The molecule has 0 spiro atoms. The molecule has 0 aliphatic carbocycles. The van der Waals surface area contributed by atoms with E-state index >= 15 is 0 Å². The van der Waals surface area contributed by atoms with Crippen LogP contribution in [0.2, 0.25) is 0 Å². The van der Waals surface area contributed by atoms with Gasteiger partial charge in [-0.25, -0.2) is 0 Å². The van der Waals surface area contributed by atoms with Crippen molar-refractivity contribution in [1.82, 2.24) is 0 Å². The summed E-state index contributed by atoms with van der Waals surface area (Å²) in [5, 5.41) is 8.85. The highest BCUT2D eigenvalue weighted by atomic mass is 16.5. The third-order valence-electron chi connectivity index (χ3n) is 1.84. The first-order valence-electron chi connectivity index (χ1n) is 3.98. The Kier molecular flexibility index (Phi) is 4.65. The number of methoxy groups -OCH3 is 1. The maximum atomic E-state index is 8.85. The third-order valence-corrected chi connectivity index (χ3v) is 1.84. The second-order valence-corrected chi connectivity index (χ2v) is 3.28. The summed E-state index contributed by atoms with van der Waals surface area (Å²) in [5.74, 6) is 0. The van der Waals surface area contributed by atoms with E-state index in [2.05, 4.69) is 0 Å². The Morgan fingerprint density at radius 1 is 1.64 bits per heavy atom. The number of aliphatic hydroxyl groups excluding tert-OH is 1. The first-order chi connectivity index (χ1) is 5.05. The number of rotatable bonds is 5. The van der Waals surface area contributed by atoms with Gasteiger partial charge in [-0.3, -0.25) is 0 Å². The molecule has 0 saturated carbocycles. The quantitative estimate of drug-likeness (QED) is 0.617. The normalized spacial score (nSPS) is 19.4. The van der Waals surface area contributed by atoms with Crippen molar-refractivity contribution in [2.45, 2.75) is 38.3 Å². The van der Waals surface area contributed by atoms with E-state index in [1.807, 2.05) is 13.8 Å². The van der Waals surface area contributed by atoms with Gasteiger partial charge in [0.2, 0.25) is 0 Å². The van der Waals surface area contributed by atoms with Crippen LogP contribution in [-0.2, 0) is 4.74 Å². The summed E-state index contributed by atoms with van der Waals surface area (Å²) in [5.41, 5.74) is 5.23. The van der Waals surface area contributed by atoms with Crippen LogP contribution >= 0.6 is 0 Å². The van der Waals surface area contributed by atoms with Gasteiger partial charge in [0.15, 0.2) is 0 Å². The minimum atomic E-state index is -0.503. The monoisotopic (exact) mass is 161 g/mol. The lowest BCUT2D eigenvalue weighted by atomic mass is 9.95. The van der Waals surface area contributed by atoms with Crippen molar-refractivity contribution < 1.29 is 9.84 Å². The molecule has 2 atom stereocenters. The van der Waals surface area contributed by atoms with Gasteiger partial charge in [0.05, 0.1) is 12.7 Å². The van der Waals surface area contributed by atoms with Crippen LogP contribution in [0, 0.1) is 0 Å². The molecule has 0 aromatic rings. The average Bonchev–Trinajstić information content (AvgIpc) is 2.00. The number of nitrogens with two attached hydrogens (primary N) is 1. The molecule has 0 amide bonds. The van der Waals surface area contributed by atoms with Gasteiger partial charge in [-0.15, -0.1) is 0 Å². The fourth-order valence-corrected chi connectivity index (χ4v) is 0.979. The molecule has 3 nitrogen and oxygen atoms in total. The second-order valence-electron chi connectivity index (χ2n) is 3.28. The minimum absolute atomic E-state index is 0.00681. The van der Waals surface area contributed by atoms with E-state index in [9.17, 15) is 0 Å². The lowest BCUT2D eigenvalue weighted by Gasteiger charge is -2.26. The Labute approximate surface area is 68.5 Å². The Morgan fingerprint density at radius 3 is 2.45 bits per heavy atom. The van der Waals surface area contributed by atoms with Gasteiger partial charge >= 0.3 is 0 Å². The van der Waals surface area contributed by atoms with Crippen LogP contribution in [0.4, 0.5) is 0 Å². The van der Waals surface area contributed by atoms with Gasteiger partial charge in [-0.05, 0) is 19.8 Å². The largest absolute Gasteiger partial charge is 0.394 e. The smallest absolute Gasteiger partial charge is 0.0609 e. The fraction of sp³-hybridized carbons (Fsp3) is 1.00. The Hall–Kier alpha value is -0.120. The van der Waals surface area contributed by atoms with Crippen molar-refractivity contribution >= 4 is 0 Å². The predicted molar refractivity (Wildman–Crippen MR) is 45.4 cm³/mol. The molecule has 3 heteroatoms. The molecule has 0 aliphatic heterocycles. The summed E-state index contributed by atoms with van der Waals surface area (Å²) in [7, 11) is 1.67. The molecular weight excluding hydrogens is 142 g/mol. The molecule has 0 radical (unpaired) electrons. The number of hydrogen-bond acceptors (Lipinski definition) is 3. The van der Waals surface area contributed by atoms with Gasteiger partial charge in [-0.2, -0.15) is 0 Å². The lowest BCUT2D eigenvalue weighted by molar-refractivity contribution is 0.0594. The summed E-state index contributed by atoms with van der Waals surface area (Å²) < 4.78 is 5.15. The van der Waals surface area contributed by atoms with E-state index in [1.54, 1.807) is 7.11 Å². The standard InChI is InChI=1S/C8H19NO2/c1-4-7(11-3)5-8(2,9)6-10/h7,10H,4-6,9H2,1-3H3. The molecule has 0 rings (SSSR count). The van der Waals surface area contributed by atoms with E-state index in [4.69, 9.17) is 15.6 Å². The topological polar surface area (TPSA) is 55.5 Å². The van der Waals surface area contributed by atoms with Crippen molar-refractivity contribution in [2.75, 3.05) is 13.7 Å². The molecule has 0 aliphatic rings. The van der Waals surface area contributed by atoms with Crippen molar-refractivity contribution in [1.29, 1.82) is 0 Å². The zero-order chi connectivity index (χ0) is 8.91. The van der Waals surface area contributed by atoms with E-state index in [0.717, 1.165) is 6.42 Å². The summed E-state index contributed by atoms with van der Waals surface area (Å²) >= 11 is 0. The van der Waals surface area contributed by atoms with Crippen molar-refractivity contribution in [2.24, 2.45) is 5.73 Å². The second kappa shape index (κ2) is 4.70. The summed E-state index contributed by atoms with van der Waals surface area (Å²) in [4.78, 5) is 0. The molecule has 0 fully saturated rings. The predicted octanol–water partition coefficient (Wildman–Crippen LogP) is 0.511. The van der Waals surface area contributed by atoms with Crippen molar-refractivity contribution in [3.8, 4) is 0 Å². The number of aliphatic hydroxyl groups is 1. The van der Waals surface area contributed by atoms with Crippen LogP contribution in [-0.4, -0.2) is 30.5 Å². The highest BCUT2D eigenvalue weighted by Gasteiger charge is 2.21. The average molecular weight is 161 g/mol. The molecule has 0 saturated heterocycles. The van der Waals surface area contributed by atoms with E-state index in [1.165, 1.54) is 0 Å². The Morgan fingerprint density at radius 2 is 2.18 bits per heavy atom. The zero-order valence-corrected chi connectivity index (χ0v) is 7.63. The van der Waals surface area contributed by atoms with Gasteiger partial charge in [0.1, 0.15) is 0 Å². The van der Waals surface area contributed by atoms with E-state index in [0.29, 0.717) is 6.42 Å². The maximum absolute atomic E-state index is 8.85. The lowest BCUT2D eigenvalue weighted by Crippen LogP contribution is -2.43. The highest BCUT2D eigenvalue weighted by Crippen LogP contribution is 2.12. The molecular formula is C8H19NO2. The zero-order valence-electron chi connectivity index (χ0n) is 7.63. The van der Waals surface area contributed by atoms with Crippen LogP contribution in [0.25, 0.3) is 0 Å². The third kappa shape index (κ3) is 4.35. The summed E-state index contributed by atoms with van der Waals surface area (Å²) in [6.45, 7) is 3.88. The summed E-state index contributed by atoms with van der Waals surface area (Å²) in [6, 6.07) is 0. The van der Waals surface area contributed by atoms with Crippen LogP contribution in [0.5, 0.6) is 0 Å². The van der Waals surface area contributed by atoms with Gasteiger partial charge < -0.3 is 15.6 Å². The van der Waals surface area contributed by atoms with Crippen molar-refractivity contribution in [3.05, 3.63) is 0 Å². The molecule has 11 heavy (non-hydrogen) atoms. The molecule has 0 aromatic carbocycles. The van der Waals surface area contributed by atoms with E-state index in [-0.39, 0.29) is 12.7 Å². The summed E-state index contributed by atoms with van der Waals surface area (Å²) in [6.07, 6.45) is 1.80.